The maximum absolute atomic E-state index is 13.4. The molecule has 1 fully saturated rings. The van der Waals surface area contributed by atoms with E-state index in [4.69, 9.17) is 19.0 Å². The second-order valence-electron chi connectivity index (χ2n) is 10.2. The first-order valence-electron chi connectivity index (χ1n) is 12.9. The number of aromatic nitrogens is 3. The van der Waals surface area contributed by atoms with Gasteiger partial charge in [-0.05, 0) is 36.2 Å². The van der Waals surface area contributed by atoms with Crippen molar-refractivity contribution in [3.8, 4) is 22.8 Å². The van der Waals surface area contributed by atoms with E-state index in [9.17, 15) is 18.0 Å². The molecule has 208 valence electrons. The van der Waals surface area contributed by atoms with Gasteiger partial charge >= 0.3 is 6.18 Å². The molecule has 40 heavy (non-hydrogen) atoms. The molecule has 0 unspecified atom stereocenters. The molecule has 0 N–H and O–H groups in total. The molecule has 0 saturated carbocycles. The van der Waals surface area contributed by atoms with Crippen molar-refractivity contribution in [2.24, 2.45) is 5.92 Å². The summed E-state index contributed by atoms with van der Waals surface area (Å²) in [7, 11) is 0. The molecule has 2 aromatic carbocycles. The van der Waals surface area contributed by atoms with E-state index in [-0.39, 0.29) is 35.6 Å². The molecule has 2 aromatic heterocycles. The van der Waals surface area contributed by atoms with E-state index < -0.39 is 11.7 Å². The second kappa shape index (κ2) is 10.00. The van der Waals surface area contributed by atoms with Gasteiger partial charge in [0, 0.05) is 43.7 Å². The Morgan fingerprint density at radius 3 is 2.52 bits per heavy atom. The number of hydrogen-bond acceptors (Lipinski definition) is 8. The van der Waals surface area contributed by atoms with Gasteiger partial charge in [0.15, 0.2) is 11.5 Å². The summed E-state index contributed by atoms with van der Waals surface area (Å²) in [5, 5.41) is 4.56. The lowest BCUT2D eigenvalue weighted by atomic mass is 10.0. The van der Waals surface area contributed by atoms with E-state index in [2.05, 4.69) is 10.1 Å². The van der Waals surface area contributed by atoms with Gasteiger partial charge in [-0.2, -0.15) is 18.2 Å². The number of carbonyl (C=O) groups excluding carboxylic acids is 1. The lowest BCUT2D eigenvalue weighted by molar-refractivity contribution is -0.137. The number of piperazine rings is 1. The third-order valence-corrected chi connectivity index (χ3v) is 6.90. The van der Waals surface area contributed by atoms with Gasteiger partial charge in [0.25, 0.3) is 11.6 Å². The van der Waals surface area contributed by atoms with E-state index in [0.29, 0.717) is 66.7 Å². The van der Waals surface area contributed by atoms with Gasteiger partial charge in [0.1, 0.15) is 22.7 Å². The summed E-state index contributed by atoms with van der Waals surface area (Å²) in [6.45, 7) is 5.96. The molecule has 0 aliphatic carbocycles. The third kappa shape index (κ3) is 4.89. The van der Waals surface area contributed by atoms with Crippen molar-refractivity contribution in [1.82, 2.24) is 20.0 Å². The summed E-state index contributed by atoms with van der Waals surface area (Å²) in [4.78, 5) is 26.3. The Morgan fingerprint density at radius 1 is 1.00 bits per heavy atom. The molecular formula is C28H26F3N5O4. The molecule has 1 amide bonds. The van der Waals surface area contributed by atoms with Crippen LogP contribution in [0.5, 0.6) is 11.5 Å². The van der Waals surface area contributed by atoms with Crippen LogP contribution in [0.15, 0.2) is 47.0 Å². The Kier molecular flexibility index (Phi) is 6.47. The summed E-state index contributed by atoms with van der Waals surface area (Å²) < 4.78 is 56.6. The third-order valence-electron chi connectivity index (χ3n) is 6.90. The summed E-state index contributed by atoms with van der Waals surface area (Å²) in [6.07, 6.45) is -3.91. The Labute approximate surface area is 227 Å². The quantitative estimate of drug-likeness (QED) is 0.333. The minimum Gasteiger partial charge on any atom is -0.454 e. The highest BCUT2D eigenvalue weighted by molar-refractivity contribution is 5.98. The fourth-order valence-electron chi connectivity index (χ4n) is 4.94. The first-order valence-corrected chi connectivity index (χ1v) is 12.9. The molecule has 6 rings (SSSR count). The Balaban J connectivity index is 1.31. The van der Waals surface area contributed by atoms with Gasteiger partial charge in [-0.15, -0.1) is 0 Å². The number of halogens is 3. The maximum Gasteiger partial charge on any atom is 0.416 e. The second-order valence-corrected chi connectivity index (χ2v) is 10.2. The van der Waals surface area contributed by atoms with Crippen LogP contribution in [0.3, 0.4) is 0 Å². The predicted octanol–water partition coefficient (Wildman–Crippen LogP) is 5.19. The van der Waals surface area contributed by atoms with Crippen LogP contribution < -0.4 is 14.4 Å². The van der Waals surface area contributed by atoms with Crippen LogP contribution in [0.25, 0.3) is 22.4 Å². The van der Waals surface area contributed by atoms with E-state index in [1.807, 2.05) is 18.7 Å². The number of anilines is 1. The number of carbonyl (C=O) groups is 1. The van der Waals surface area contributed by atoms with Gasteiger partial charge in [-0.1, -0.05) is 31.1 Å². The van der Waals surface area contributed by atoms with E-state index >= 15 is 0 Å². The summed E-state index contributed by atoms with van der Waals surface area (Å²) in [5.74, 6) is 2.39. The molecule has 4 aromatic rings. The normalized spacial score (nSPS) is 15.3. The van der Waals surface area contributed by atoms with Gasteiger partial charge < -0.3 is 23.8 Å². The predicted molar refractivity (Wildman–Crippen MR) is 139 cm³/mol. The van der Waals surface area contributed by atoms with E-state index in [0.717, 1.165) is 12.1 Å². The highest BCUT2D eigenvalue weighted by Crippen LogP contribution is 2.38. The van der Waals surface area contributed by atoms with Crippen molar-refractivity contribution >= 4 is 22.8 Å². The molecule has 1 saturated heterocycles. The molecule has 2 aliphatic heterocycles. The van der Waals surface area contributed by atoms with Crippen LogP contribution in [0.2, 0.25) is 0 Å². The van der Waals surface area contributed by atoms with Crippen LogP contribution in [0.4, 0.5) is 19.0 Å². The zero-order valence-electron chi connectivity index (χ0n) is 21.9. The zero-order chi connectivity index (χ0) is 28.0. The summed E-state index contributed by atoms with van der Waals surface area (Å²) in [5.41, 5.74) is 0.438. The number of hydrogen-bond donors (Lipinski definition) is 0. The maximum atomic E-state index is 13.4. The summed E-state index contributed by atoms with van der Waals surface area (Å²) in [6, 6.07) is 10.1. The monoisotopic (exact) mass is 553 g/mol. The topological polar surface area (TPSA) is 93.8 Å². The molecule has 0 atom stereocenters. The zero-order valence-corrected chi connectivity index (χ0v) is 21.9. The average molecular weight is 554 g/mol. The fourth-order valence-corrected chi connectivity index (χ4v) is 4.94. The molecule has 0 bridgehead atoms. The molecule has 4 heterocycles. The van der Waals surface area contributed by atoms with Crippen molar-refractivity contribution in [3.63, 3.8) is 0 Å². The van der Waals surface area contributed by atoms with Crippen molar-refractivity contribution in [3.05, 3.63) is 59.4 Å². The number of fused-ring (bicyclic) bond motifs is 2. The first-order chi connectivity index (χ1) is 19.2. The minimum absolute atomic E-state index is 0.124. The van der Waals surface area contributed by atoms with Crippen LogP contribution in [0, 0.1) is 5.92 Å². The summed E-state index contributed by atoms with van der Waals surface area (Å²) >= 11 is 0. The molecule has 12 heteroatoms. The van der Waals surface area contributed by atoms with Crippen molar-refractivity contribution in [2.75, 3.05) is 37.9 Å². The standard InChI is InChI=1S/C28H26F3N5O4/c1-16(2)12-22-32-25(23-24(34-40-26(23)33-22)17-4-3-5-19(13-17)28(29,30)31)35-8-10-36(11-9-35)27(37)18-6-7-20-21(14-18)39-15-38-20/h3-7,13-14,16H,8-12,15H2,1-2H3. The highest BCUT2D eigenvalue weighted by Gasteiger charge is 2.32. The number of amides is 1. The number of benzene rings is 2. The lowest BCUT2D eigenvalue weighted by Gasteiger charge is -2.35. The molecular weight excluding hydrogens is 527 g/mol. The van der Waals surface area contributed by atoms with E-state index in [1.165, 1.54) is 6.07 Å². The Bertz CT molecular complexity index is 1580. The Hall–Kier alpha value is -4.35. The molecule has 0 radical (unpaired) electrons. The van der Waals surface area contributed by atoms with Gasteiger partial charge in [0.05, 0.1) is 5.56 Å². The van der Waals surface area contributed by atoms with Gasteiger partial charge in [-0.25, -0.2) is 4.98 Å². The van der Waals surface area contributed by atoms with Crippen LogP contribution in [-0.2, 0) is 12.6 Å². The fraction of sp³-hybridized carbons (Fsp3) is 0.357. The lowest BCUT2D eigenvalue weighted by Crippen LogP contribution is -2.49. The van der Waals surface area contributed by atoms with Crippen molar-refractivity contribution < 1.29 is 32.0 Å². The molecule has 9 nitrogen and oxygen atoms in total. The van der Waals surface area contributed by atoms with Gasteiger partial charge in [-0.3, -0.25) is 4.79 Å². The average Bonchev–Trinajstić information content (AvgIpc) is 3.58. The number of rotatable bonds is 5. The SMILES string of the molecule is CC(C)Cc1nc(N2CCN(C(=O)c3ccc4c(c3)OCO4)CC2)c2c(-c3cccc(C(F)(F)F)c3)noc2n1. The molecule has 2 aliphatic rings. The highest BCUT2D eigenvalue weighted by atomic mass is 19.4. The number of alkyl halides is 3. The van der Waals surface area contributed by atoms with Crippen molar-refractivity contribution in [2.45, 2.75) is 26.4 Å². The van der Waals surface area contributed by atoms with Gasteiger partial charge in [0.2, 0.25) is 6.79 Å². The molecule has 0 spiro atoms. The van der Waals surface area contributed by atoms with Crippen LogP contribution in [0.1, 0.15) is 35.6 Å². The first kappa shape index (κ1) is 25.9. The van der Waals surface area contributed by atoms with Crippen molar-refractivity contribution in [1.29, 1.82) is 0 Å². The number of nitrogens with zero attached hydrogens (tertiary/aromatic N) is 5. The van der Waals surface area contributed by atoms with E-state index in [1.54, 1.807) is 29.2 Å². The largest absolute Gasteiger partial charge is 0.454 e. The minimum atomic E-state index is -4.50. The Morgan fingerprint density at radius 2 is 1.77 bits per heavy atom. The smallest absolute Gasteiger partial charge is 0.416 e. The number of ether oxygens (including phenoxy) is 2. The van der Waals surface area contributed by atoms with Crippen LogP contribution >= 0.6 is 0 Å². The van der Waals surface area contributed by atoms with Crippen LogP contribution in [-0.4, -0.2) is 58.9 Å².